The van der Waals surface area contributed by atoms with E-state index in [2.05, 4.69) is 10.3 Å². The second-order valence-electron chi connectivity index (χ2n) is 6.50. The van der Waals surface area contributed by atoms with Crippen LogP contribution < -0.4 is 5.32 Å². The smallest absolute Gasteiger partial charge is 0.242 e. The van der Waals surface area contributed by atoms with Crippen LogP contribution in [0, 0.1) is 6.92 Å². The van der Waals surface area contributed by atoms with E-state index in [1.165, 1.54) is 12.8 Å². The lowest BCUT2D eigenvalue weighted by molar-refractivity contribution is -0.132. The van der Waals surface area contributed by atoms with Crippen molar-refractivity contribution in [2.24, 2.45) is 0 Å². The summed E-state index contributed by atoms with van der Waals surface area (Å²) in [5.41, 5.74) is 2.01. The number of aryl methyl sites for hydroxylation is 1. The minimum absolute atomic E-state index is 0. The van der Waals surface area contributed by atoms with Crippen LogP contribution in [-0.2, 0) is 11.3 Å². The number of halogens is 2. The lowest BCUT2D eigenvalue weighted by Crippen LogP contribution is -2.40. The fourth-order valence-electron chi connectivity index (χ4n) is 3.80. The highest BCUT2D eigenvalue weighted by Crippen LogP contribution is 2.21. The summed E-state index contributed by atoms with van der Waals surface area (Å²) in [5.74, 6) is 1.12. The van der Waals surface area contributed by atoms with E-state index in [1.54, 1.807) is 0 Å². The molecule has 24 heavy (non-hydrogen) atoms. The number of rotatable bonds is 2. The number of aromatic nitrogens is 2. The Bertz CT molecular complexity index is 718. The van der Waals surface area contributed by atoms with Gasteiger partial charge in [-0.15, -0.1) is 24.8 Å². The number of imidazole rings is 1. The van der Waals surface area contributed by atoms with Crippen LogP contribution in [0.5, 0.6) is 0 Å². The van der Waals surface area contributed by atoms with Gasteiger partial charge in [0, 0.05) is 25.2 Å². The molecule has 2 bridgehead atoms. The van der Waals surface area contributed by atoms with Crippen molar-refractivity contribution in [1.82, 2.24) is 19.8 Å². The summed E-state index contributed by atoms with van der Waals surface area (Å²) in [6.07, 6.45) is 3.53. The number of fused-ring (bicyclic) bond motifs is 3. The quantitative estimate of drug-likeness (QED) is 0.883. The van der Waals surface area contributed by atoms with Crippen LogP contribution in [0.2, 0.25) is 0 Å². The zero-order valence-electron chi connectivity index (χ0n) is 13.8. The first kappa shape index (κ1) is 19.0. The van der Waals surface area contributed by atoms with Gasteiger partial charge in [-0.2, -0.15) is 0 Å². The number of hydrogen-bond acceptors (Lipinski definition) is 3. The van der Waals surface area contributed by atoms with Gasteiger partial charge in [0.05, 0.1) is 11.0 Å². The topological polar surface area (TPSA) is 50.2 Å². The van der Waals surface area contributed by atoms with E-state index in [-0.39, 0.29) is 30.7 Å². The molecular formula is C17H24Cl2N4O. The molecule has 0 spiro atoms. The largest absolute Gasteiger partial charge is 0.340 e. The molecular weight excluding hydrogens is 347 g/mol. The zero-order chi connectivity index (χ0) is 15.1. The summed E-state index contributed by atoms with van der Waals surface area (Å²) < 4.78 is 2.04. The van der Waals surface area contributed by atoms with Crippen molar-refractivity contribution < 1.29 is 4.79 Å². The lowest BCUT2D eigenvalue weighted by atomic mass is 10.1. The van der Waals surface area contributed by atoms with Crippen LogP contribution in [0.4, 0.5) is 0 Å². The first-order chi connectivity index (χ1) is 10.7. The van der Waals surface area contributed by atoms with Crippen molar-refractivity contribution in [3.8, 4) is 0 Å². The van der Waals surface area contributed by atoms with E-state index in [0.29, 0.717) is 18.6 Å². The van der Waals surface area contributed by atoms with Crippen LogP contribution in [0.3, 0.4) is 0 Å². The summed E-state index contributed by atoms with van der Waals surface area (Å²) in [6, 6.07) is 9.11. The van der Waals surface area contributed by atoms with Gasteiger partial charge in [0.2, 0.25) is 5.91 Å². The molecule has 3 heterocycles. The average Bonchev–Trinajstić information content (AvgIpc) is 2.99. The van der Waals surface area contributed by atoms with Crippen LogP contribution in [0.1, 0.15) is 25.1 Å². The third kappa shape index (κ3) is 3.53. The molecule has 2 atom stereocenters. The van der Waals surface area contributed by atoms with Crippen LogP contribution in [-0.4, -0.2) is 45.5 Å². The molecule has 1 N–H and O–H groups in total. The number of para-hydroxylation sites is 2. The number of nitrogens with zero attached hydrogens (tertiary/aromatic N) is 3. The van der Waals surface area contributed by atoms with Gasteiger partial charge >= 0.3 is 0 Å². The molecule has 1 aromatic carbocycles. The standard InChI is InChI=1S/C17H22N4O.2ClH/c1-12-18-15-4-2-3-5-16(15)21(12)11-17(22)20-9-8-13-6-7-14(10-20)19-13;;/h2-5,13-14,19H,6-11H2,1H3;2*1H. The highest BCUT2D eigenvalue weighted by atomic mass is 35.5. The van der Waals surface area contributed by atoms with Crippen molar-refractivity contribution in [3.63, 3.8) is 0 Å². The molecule has 4 rings (SSSR count). The van der Waals surface area contributed by atoms with Crippen molar-refractivity contribution in [3.05, 3.63) is 30.1 Å². The van der Waals surface area contributed by atoms with Gasteiger partial charge in [-0.1, -0.05) is 12.1 Å². The number of amides is 1. The van der Waals surface area contributed by atoms with Gasteiger partial charge in [-0.05, 0) is 38.3 Å². The van der Waals surface area contributed by atoms with Crippen LogP contribution in [0.25, 0.3) is 11.0 Å². The number of likely N-dealkylation sites (tertiary alicyclic amines) is 1. The van der Waals surface area contributed by atoms with E-state index in [4.69, 9.17) is 0 Å². The molecule has 5 nitrogen and oxygen atoms in total. The number of nitrogens with one attached hydrogen (secondary N) is 1. The maximum Gasteiger partial charge on any atom is 0.242 e. The third-order valence-electron chi connectivity index (χ3n) is 5.01. The molecule has 1 aromatic heterocycles. The summed E-state index contributed by atoms with van der Waals surface area (Å²) in [6.45, 7) is 4.09. The highest BCUT2D eigenvalue weighted by molar-refractivity contribution is 5.85. The maximum absolute atomic E-state index is 12.7. The van der Waals surface area contributed by atoms with Crippen molar-refractivity contribution in [2.45, 2.75) is 44.8 Å². The molecule has 7 heteroatoms. The molecule has 2 aromatic rings. The van der Waals surface area contributed by atoms with E-state index in [1.807, 2.05) is 40.7 Å². The molecule has 2 aliphatic rings. The second-order valence-corrected chi connectivity index (χ2v) is 6.50. The van der Waals surface area contributed by atoms with E-state index in [9.17, 15) is 4.79 Å². The minimum Gasteiger partial charge on any atom is -0.340 e. The molecule has 1 amide bonds. The fourth-order valence-corrected chi connectivity index (χ4v) is 3.80. The Morgan fingerprint density at radius 3 is 2.79 bits per heavy atom. The summed E-state index contributed by atoms with van der Waals surface area (Å²) in [4.78, 5) is 19.3. The summed E-state index contributed by atoms with van der Waals surface area (Å²) in [7, 11) is 0. The van der Waals surface area contributed by atoms with Gasteiger partial charge in [-0.3, -0.25) is 4.79 Å². The van der Waals surface area contributed by atoms with E-state index in [0.717, 1.165) is 36.4 Å². The molecule has 132 valence electrons. The Morgan fingerprint density at radius 2 is 1.96 bits per heavy atom. The Kier molecular flexibility index (Phi) is 6.12. The highest BCUT2D eigenvalue weighted by Gasteiger charge is 2.31. The monoisotopic (exact) mass is 370 g/mol. The van der Waals surface area contributed by atoms with Crippen LogP contribution >= 0.6 is 24.8 Å². The molecule has 0 saturated carbocycles. The average molecular weight is 371 g/mol. The molecule has 2 aliphatic heterocycles. The Labute approximate surface area is 154 Å². The maximum atomic E-state index is 12.7. The van der Waals surface area contributed by atoms with Crippen molar-refractivity contribution in [1.29, 1.82) is 0 Å². The van der Waals surface area contributed by atoms with E-state index < -0.39 is 0 Å². The van der Waals surface area contributed by atoms with Crippen molar-refractivity contribution >= 4 is 41.8 Å². The molecule has 0 aliphatic carbocycles. The lowest BCUT2D eigenvalue weighted by Gasteiger charge is -2.24. The molecule has 2 saturated heterocycles. The van der Waals surface area contributed by atoms with Gasteiger partial charge in [0.15, 0.2) is 0 Å². The second kappa shape index (κ2) is 7.72. The Balaban J connectivity index is 0.00000104. The summed E-state index contributed by atoms with van der Waals surface area (Å²) >= 11 is 0. The predicted molar refractivity (Wildman–Crippen MR) is 100 cm³/mol. The van der Waals surface area contributed by atoms with Gasteiger partial charge < -0.3 is 14.8 Å². The van der Waals surface area contributed by atoms with Gasteiger partial charge in [0.25, 0.3) is 0 Å². The molecule has 0 radical (unpaired) electrons. The zero-order valence-corrected chi connectivity index (χ0v) is 15.4. The minimum atomic E-state index is 0. The Morgan fingerprint density at radius 1 is 1.21 bits per heavy atom. The van der Waals surface area contributed by atoms with Crippen LogP contribution in [0.15, 0.2) is 24.3 Å². The normalized spacial score (nSPS) is 22.6. The third-order valence-corrected chi connectivity index (χ3v) is 5.01. The number of carbonyl (C=O) groups is 1. The first-order valence-electron chi connectivity index (χ1n) is 8.16. The molecule has 2 fully saturated rings. The summed E-state index contributed by atoms with van der Waals surface area (Å²) in [5, 5.41) is 3.62. The number of benzene rings is 1. The SMILES string of the molecule is Cc1nc2ccccc2n1CC(=O)N1CCC2CCC(C1)N2.Cl.Cl. The number of hydrogen-bond donors (Lipinski definition) is 1. The predicted octanol–water partition coefficient (Wildman–Crippen LogP) is 2.54. The van der Waals surface area contributed by atoms with E-state index >= 15 is 0 Å². The Hall–Kier alpha value is -1.30. The van der Waals surface area contributed by atoms with Gasteiger partial charge in [0.1, 0.15) is 12.4 Å². The molecule has 2 unspecified atom stereocenters. The van der Waals surface area contributed by atoms with Crippen molar-refractivity contribution in [2.75, 3.05) is 13.1 Å². The number of carbonyl (C=O) groups excluding carboxylic acids is 1. The first-order valence-corrected chi connectivity index (χ1v) is 8.16. The fraction of sp³-hybridized carbons (Fsp3) is 0.529. The van der Waals surface area contributed by atoms with Gasteiger partial charge in [-0.25, -0.2) is 4.98 Å².